The number of hydrogen-bond donors (Lipinski definition) is 1. The van der Waals surface area contributed by atoms with E-state index < -0.39 is 38.0 Å². The van der Waals surface area contributed by atoms with Crippen LogP contribution in [0.4, 0.5) is 11.4 Å². The average Bonchev–Trinajstić information content (AvgIpc) is 3.10. The number of aryl methyl sites for hydroxylation is 2. The van der Waals surface area contributed by atoms with E-state index in [1.165, 1.54) is 56.7 Å². The highest BCUT2D eigenvalue weighted by Crippen LogP contribution is 2.29. The molecule has 0 unspecified atom stereocenters. The minimum atomic E-state index is -3.97. The van der Waals surface area contributed by atoms with Crippen molar-refractivity contribution in [1.29, 1.82) is 0 Å². The molecule has 0 saturated carbocycles. The van der Waals surface area contributed by atoms with Gasteiger partial charge in [-0.1, -0.05) is 59.7 Å². The zero-order valence-electron chi connectivity index (χ0n) is 28.4. The number of nitrogens with one attached hydrogen (secondary N) is 1. The first-order valence-electron chi connectivity index (χ1n) is 15.4. The van der Waals surface area contributed by atoms with Crippen molar-refractivity contribution >= 4 is 49.3 Å². The van der Waals surface area contributed by atoms with Gasteiger partial charge in [-0.2, -0.15) is 0 Å². The molecule has 12 nitrogen and oxygen atoms in total. The second kappa shape index (κ2) is 18.0. The minimum absolute atomic E-state index is 0.00301. The maximum absolute atomic E-state index is 13.4. The number of anilines is 2. The molecular formula is C36H40N2O10S2. The molecule has 0 saturated heterocycles. The number of ether oxygens (including phenoxy) is 3. The van der Waals surface area contributed by atoms with Crippen molar-refractivity contribution in [3.63, 3.8) is 0 Å². The van der Waals surface area contributed by atoms with E-state index in [0.717, 1.165) is 15.4 Å². The van der Waals surface area contributed by atoms with Gasteiger partial charge in [-0.3, -0.25) is 13.8 Å². The number of hydrogen-bond acceptors (Lipinski definition) is 10. The minimum Gasteiger partial charge on any atom is -0.466 e. The van der Waals surface area contributed by atoms with Crippen molar-refractivity contribution in [2.75, 3.05) is 36.4 Å². The Morgan fingerprint density at radius 2 is 1.18 bits per heavy atom. The van der Waals surface area contributed by atoms with Gasteiger partial charge in [0.1, 0.15) is 0 Å². The predicted octanol–water partition coefficient (Wildman–Crippen LogP) is 5.90. The van der Waals surface area contributed by atoms with Crippen LogP contribution in [0, 0.1) is 13.8 Å². The Kier molecular flexibility index (Phi) is 14.1. The fraction of sp³-hybridized carbons (Fsp3) is 0.250. The van der Waals surface area contributed by atoms with Gasteiger partial charge in [-0.15, -0.1) is 0 Å². The number of esters is 3. The van der Waals surface area contributed by atoms with Crippen LogP contribution in [-0.4, -0.2) is 62.1 Å². The Balaban J connectivity index is 0.000000284. The first-order valence-corrected chi connectivity index (χ1v) is 18.4. The third-order valence-electron chi connectivity index (χ3n) is 7.14. The molecule has 0 radical (unpaired) electrons. The number of nitrogens with zero attached hydrogens (tertiary/aromatic N) is 1. The molecule has 0 heterocycles. The number of carbonyl (C=O) groups excluding carboxylic acids is 3. The first-order chi connectivity index (χ1) is 23.7. The molecule has 0 spiro atoms. The topological polar surface area (TPSA) is 162 Å². The molecule has 0 aliphatic heterocycles. The number of methoxy groups -OCH3 is 2. The van der Waals surface area contributed by atoms with Crippen molar-refractivity contribution in [1.82, 2.24) is 0 Å². The highest BCUT2D eigenvalue weighted by atomic mass is 32.2. The third-order valence-corrected chi connectivity index (χ3v) is 10.4. The zero-order chi connectivity index (χ0) is 36.9. The number of rotatable bonds is 13. The van der Waals surface area contributed by atoms with Crippen LogP contribution in [-0.2, 0) is 39.1 Å². The fourth-order valence-corrected chi connectivity index (χ4v) is 7.16. The van der Waals surface area contributed by atoms with Crippen LogP contribution in [0.3, 0.4) is 0 Å². The average molecular weight is 725 g/mol. The molecule has 0 fully saturated rings. The molecule has 0 amide bonds. The van der Waals surface area contributed by atoms with E-state index in [2.05, 4.69) is 9.46 Å². The lowest BCUT2D eigenvalue weighted by atomic mass is 10.1. The first kappa shape index (κ1) is 39.2. The summed E-state index contributed by atoms with van der Waals surface area (Å²) in [5, 5.41) is 0. The van der Waals surface area contributed by atoms with Crippen molar-refractivity contribution < 1.29 is 45.4 Å². The van der Waals surface area contributed by atoms with E-state index >= 15 is 0 Å². The largest absolute Gasteiger partial charge is 0.466 e. The van der Waals surface area contributed by atoms with E-state index in [0.29, 0.717) is 0 Å². The molecule has 4 aromatic rings. The van der Waals surface area contributed by atoms with Crippen LogP contribution in [0.15, 0.2) is 107 Å². The van der Waals surface area contributed by atoms with Gasteiger partial charge < -0.3 is 14.2 Å². The SMILES string of the molecule is CCOC(=O)CCCN(c1ccccc1C(=O)OC)S(=O)(=O)c1ccc(C)cc1.COC(=O)c1ccccc1NS(=O)(=O)c1ccc(C)cc1. The summed E-state index contributed by atoms with van der Waals surface area (Å²) in [6.45, 7) is 5.70. The lowest BCUT2D eigenvalue weighted by Gasteiger charge is -2.26. The predicted molar refractivity (Wildman–Crippen MR) is 189 cm³/mol. The number of para-hydroxylation sites is 2. The number of sulfonamides is 2. The normalized spacial score (nSPS) is 11.0. The van der Waals surface area contributed by atoms with E-state index in [1.54, 1.807) is 61.5 Å². The highest BCUT2D eigenvalue weighted by molar-refractivity contribution is 7.93. The van der Waals surface area contributed by atoms with Gasteiger partial charge in [-0.05, 0) is 75.7 Å². The summed E-state index contributed by atoms with van der Waals surface area (Å²) in [7, 11) is -5.25. The highest BCUT2D eigenvalue weighted by Gasteiger charge is 2.28. The van der Waals surface area contributed by atoms with Gasteiger partial charge in [0, 0.05) is 13.0 Å². The monoisotopic (exact) mass is 724 g/mol. The Bertz CT molecular complexity index is 2000. The summed E-state index contributed by atoms with van der Waals surface area (Å²) in [6, 6.07) is 25.5. The summed E-state index contributed by atoms with van der Waals surface area (Å²) in [5.74, 6) is -1.64. The molecule has 0 aliphatic rings. The van der Waals surface area contributed by atoms with Gasteiger partial charge in [0.25, 0.3) is 20.0 Å². The molecule has 0 aliphatic carbocycles. The quantitative estimate of drug-likeness (QED) is 0.130. The molecule has 0 aromatic heterocycles. The van der Waals surface area contributed by atoms with Gasteiger partial charge in [0.15, 0.2) is 0 Å². The van der Waals surface area contributed by atoms with E-state index in [9.17, 15) is 31.2 Å². The van der Waals surface area contributed by atoms with Crippen LogP contribution >= 0.6 is 0 Å². The molecule has 1 N–H and O–H groups in total. The molecule has 266 valence electrons. The van der Waals surface area contributed by atoms with E-state index in [4.69, 9.17) is 9.47 Å². The second-order valence-electron chi connectivity index (χ2n) is 10.8. The number of carbonyl (C=O) groups is 3. The molecule has 4 aromatic carbocycles. The van der Waals surface area contributed by atoms with Gasteiger partial charge >= 0.3 is 17.9 Å². The van der Waals surface area contributed by atoms with Gasteiger partial charge in [0.2, 0.25) is 0 Å². The molecule has 4 rings (SSSR count). The lowest BCUT2D eigenvalue weighted by Crippen LogP contribution is -2.33. The molecule has 50 heavy (non-hydrogen) atoms. The number of benzene rings is 4. The Labute approximate surface area is 293 Å². The Hall–Kier alpha value is -5.21. The maximum Gasteiger partial charge on any atom is 0.340 e. The fourth-order valence-electron chi connectivity index (χ4n) is 4.56. The summed E-state index contributed by atoms with van der Waals surface area (Å²) >= 11 is 0. The maximum atomic E-state index is 13.4. The van der Waals surface area contributed by atoms with Crippen molar-refractivity contribution in [3.05, 3.63) is 119 Å². The van der Waals surface area contributed by atoms with Crippen LogP contribution in [0.2, 0.25) is 0 Å². The molecule has 0 bridgehead atoms. The molecule has 14 heteroatoms. The van der Waals surface area contributed by atoms with Crippen LogP contribution in [0.1, 0.15) is 51.6 Å². The van der Waals surface area contributed by atoms with Crippen LogP contribution in [0.25, 0.3) is 0 Å². The summed E-state index contributed by atoms with van der Waals surface area (Å²) in [4.78, 5) is 35.7. The summed E-state index contributed by atoms with van der Waals surface area (Å²) in [5.41, 5.74) is 2.56. The lowest BCUT2D eigenvalue weighted by molar-refractivity contribution is -0.143. The Morgan fingerprint density at radius 3 is 1.74 bits per heavy atom. The second-order valence-corrected chi connectivity index (χ2v) is 14.3. The summed E-state index contributed by atoms with van der Waals surface area (Å²) in [6.07, 6.45) is 0.299. The van der Waals surface area contributed by atoms with Crippen LogP contribution in [0.5, 0.6) is 0 Å². The van der Waals surface area contributed by atoms with Gasteiger partial charge in [0.05, 0.1) is 53.1 Å². The van der Waals surface area contributed by atoms with Crippen molar-refractivity contribution in [2.45, 2.75) is 43.4 Å². The van der Waals surface area contributed by atoms with Crippen molar-refractivity contribution in [2.24, 2.45) is 0 Å². The smallest absolute Gasteiger partial charge is 0.340 e. The molecule has 0 atom stereocenters. The molecular weight excluding hydrogens is 685 g/mol. The van der Waals surface area contributed by atoms with E-state index in [1.807, 2.05) is 13.8 Å². The van der Waals surface area contributed by atoms with Crippen molar-refractivity contribution in [3.8, 4) is 0 Å². The van der Waals surface area contributed by atoms with Gasteiger partial charge in [-0.25, -0.2) is 26.4 Å². The van der Waals surface area contributed by atoms with Crippen LogP contribution < -0.4 is 9.03 Å². The third kappa shape index (κ3) is 10.4. The van der Waals surface area contributed by atoms with E-state index in [-0.39, 0.29) is 58.3 Å². The standard InChI is InChI=1S/C21H25NO6S.C15H15NO4S/c1-4-28-20(23)10-7-15-22(19-9-6-5-8-18(19)21(24)27-3)29(25,26)17-13-11-16(2)12-14-17;1-11-7-9-12(10-8-11)21(18,19)16-14-6-4-3-5-13(14)15(17)20-2/h5-6,8-9,11-14H,4,7,10,15H2,1-3H3;3-10,16H,1-2H3. The Morgan fingerprint density at radius 1 is 0.680 bits per heavy atom. The zero-order valence-corrected chi connectivity index (χ0v) is 30.0. The summed E-state index contributed by atoms with van der Waals surface area (Å²) < 4.78 is 69.3.